The van der Waals surface area contributed by atoms with Crippen molar-refractivity contribution in [1.29, 1.82) is 0 Å². The standard InChI is InChI=1S/C10H8NO3/c12-5-9-2-1-8(4-11-7-14)3-10(9)6-13/h1-3,5-6H,4H2,(H,11,14). The molecular weight excluding hydrogens is 182 g/mol. The van der Waals surface area contributed by atoms with Crippen molar-refractivity contribution in [2.75, 3.05) is 0 Å². The number of carbonyl (C=O) groups excluding carboxylic acids is 3. The molecule has 0 unspecified atom stereocenters. The number of amides is 1. The fraction of sp³-hybridized carbons (Fsp3) is 0.100. The predicted molar refractivity (Wildman–Crippen MR) is 49.8 cm³/mol. The summed E-state index contributed by atoms with van der Waals surface area (Å²) < 4.78 is 0. The molecule has 0 bridgehead atoms. The van der Waals surface area contributed by atoms with Crippen molar-refractivity contribution in [2.24, 2.45) is 0 Å². The van der Waals surface area contributed by atoms with Crippen LogP contribution in [-0.2, 0) is 11.3 Å². The van der Waals surface area contributed by atoms with Gasteiger partial charge in [-0.2, -0.15) is 0 Å². The monoisotopic (exact) mass is 190 g/mol. The van der Waals surface area contributed by atoms with Gasteiger partial charge in [0.15, 0.2) is 12.6 Å². The fourth-order valence-corrected chi connectivity index (χ4v) is 1.08. The highest BCUT2D eigenvalue weighted by atomic mass is 16.1. The second kappa shape index (κ2) is 4.91. The molecule has 1 radical (unpaired) electrons. The van der Waals surface area contributed by atoms with E-state index >= 15 is 0 Å². The zero-order chi connectivity index (χ0) is 10.4. The quantitative estimate of drug-likeness (QED) is 0.542. The van der Waals surface area contributed by atoms with Crippen molar-refractivity contribution in [3.05, 3.63) is 34.9 Å². The zero-order valence-corrected chi connectivity index (χ0v) is 7.32. The first-order chi connectivity index (χ1) is 6.81. The minimum absolute atomic E-state index is 0.295. The molecule has 1 aromatic carbocycles. The maximum Gasteiger partial charge on any atom is 0.309 e. The number of hydrogen-bond acceptors (Lipinski definition) is 3. The number of nitrogens with one attached hydrogen (secondary N) is 1. The Balaban J connectivity index is 2.94. The number of rotatable bonds is 5. The number of hydrogen-bond donors (Lipinski definition) is 1. The van der Waals surface area contributed by atoms with E-state index in [1.807, 2.05) is 0 Å². The molecule has 0 aliphatic heterocycles. The van der Waals surface area contributed by atoms with Crippen molar-refractivity contribution in [3.63, 3.8) is 0 Å². The summed E-state index contributed by atoms with van der Waals surface area (Å²) in [5, 5.41) is 2.34. The Morgan fingerprint density at radius 1 is 1.21 bits per heavy atom. The highest BCUT2D eigenvalue weighted by Crippen LogP contribution is 2.08. The lowest BCUT2D eigenvalue weighted by atomic mass is 10.1. The lowest BCUT2D eigenvalue weighted by molar-refractivity contribution is 0.109. The van der Waals surface area contributed by atoms with Crippen LogP contribution in [0.4, 0.5) is 0 Å². The lowest BCUT2D eigenvalue weighted by Crippen LogP contribution is -2.10. The first-order valence-electron chi connectivity index (χ1n) is 3.95. The molecule has 1 aromatic rings. The number of aldehydes is 2. The van der Waals surface area contributed by atoms with Crippen molar-refractivity contribution >= 4 is 19.0 Å². The summed E-state index contributed by atoms with van der Waals surface area (Å²) in [5.74, 6) is 0. The van der Waals surface area contributed by atoms with Gasteiger partial charge in [0.2, 0.25) is 0 Å². The molecule has 4 nitrogen and oxygen atoms in total. The van der Waals surface area contributed by atoms with Crippen LogP contribution in [0.5, 0.6) is 0 Å². The van der Waals surface area contributed by atoms with Gasteiger partial charge in [-0.1, -0.05) is 12.1 Å². The minimum Gasteiger partial charge on any atom is -0.344 e. The second-order valence-electron chi connectivity index (χ2n) is 2.65. The van der Waals surface area contributed by atoms with Gasteiger partial charge in [0.05, 0.1) is 0 Å². The summed E-state index contributed by atoms with van der Waals surface area (Å²) >= 11 is 0. The predicted octanol–water partition coefficient (Wildman–Crippen LogP) is 0.468. The molecule has 0 aliphatic rings. The highest BCUT2D eigenvalue weighted by Gasteiger charge is 2.01. The second-order valence-corrected chi connectivity index (χ2v) is 2.65. The van der Waals surface area contributed by atoms with E-state index in [0.717, 1.165) is 5.56 Å². The third-order valence-corrected chi connectivity index (χ3v) is 1.77. The van der Waals surface area contributed by atoms with Crippen LogP contribution in [0.3, 0.4) is 0 Å². The molecule has 0 atom stereocenters. The van der Waals surface area contributed by atoms with Crippen molar-refractivity contribution in [3.8, 4) is 0 Å². The highest BCUT2D eigenvalue weighted by molar-refractivity contribution is 5.90. The normalized spacial score (nSPS) is 9.14. The van der Waals surface area contributed by atoms with Crippen LogP contribution in [-0.4, -0.2) is 19.0 Å². The van der Waals surface area contributed by atoms with Crippen LogP contribution in [0.25, 0.3) is 0 Å². The Morgan fingerprint density at radius 2 is 1.93 bits per heavy atom. The molecule has 0 saturated heterocycles. The molecule has 0 heterocycles. The van der Waals surface area contributed by atoms with E-state index in [0.29, 0.717) is 30.2 Å². The van der Waals surface area contributed by atoms with Crippen molar-refractivity contribution < 1.29 is 14.4 Å². The third-order valence-electron chi connectivity index (χ3n) is 1.77. The molecule has 14 heavy (non-hydrogen) atoms. The maximum atomic E-state index is 10.6. The summed E-state index contributed by atoms with van der Waals surface area (Å²) in [5.41, 5.74) is 1.42. The van der Waals surface area contributed by atoms with Gasteiger partial charge in [0.1, 0.15) is 0 Å². The van der Waals surface area contributed by atoms with Gasteiger partial charge in [-0.15, -0.1) is 0 Å². The zero-order valence-electron chi connectivity index (χ0n) is 7.32. The molecule has 0 aliphatic carbocycles. The molecule has 0 fully saturated rings. The first-order valence-corrected chi connectivity index (χ1v) is 3.95. The molecule has 0 spiro atoms. The van der Waals surface area contributed by atoms with Crippen LogP contribution in [0, 0.1) is 0 Å². The van der Waals surface area contributed by atoms with E-state index in [-0.39, 0.29) is 0 Å². The average molecular weight is 190 g/mol. The third kappa shape index (κ3) is 2.26. The lowest BCUT2D eigenvalue weighted by Gasteiger charge is -2.01. The Kier molecular flexibility index (Phi) is 3.55. The molecule has 4 heteroatoms. The van der Waals surface area contributed by atoms with Crippen LogP contribution in [0.15, 0.2) is 18.2 Å². The van der Waals surface area contributed by atoms with Crippen molar-refractivity contribution in [1.82, 2.24) is 5.32 Å². The average Bonchev–Trinajstić information content (AvgIpc) is 2.25. The molecule has 71 valence electrons. The maximum absolute atomic E-state index is 10.6. The van der Waals surface area contributed by atoms with Gasteiger partial charge in [-0.05, 0) is 11.6 Å². The Morgan fingerprint density at radius 3 is 2.50 bits per heavy atom. The van der Waals surface area contributed by atoms with Gasteiger partial charge in [0, 0.05) is 17.7 Å². The van der Waals surface area contributed by atoms with Gasteiger partial charge in [0.25, 0.3) is 0 Å². The Labute approximate surface area is 80.9 Å². The molecule has 0 aromatic heterocycles. The number of benzene rings is 1. The summed E-state index contributed by atoms with van der Waals surface area (Å²) in [6.07, 6.45) is 2.75. The largest absolute Gasteiger partial charge is 0.344 e. The molecule has 1 rings (SSSR count). The van der Waals surface area contributed by atoms with E-state index in [9.17, 15) is 14.4 Å². The molecular formula is C10H8NO3. The summed E-state index contributed by atoms with van der Waals surface area (Å²) in [7, 11) is 0. The smallest absolute Gasteiger partial charge is 0.309 e. The topological polar surface area (TPSA) is 63.2 Å². The first kappa shape index (κ1) is 10.1. The van der Waals surface area contributed by atoms with Crippen LogP contribution >= 0.6 is 0 Å². The Bertz CT molecular complexity index is 360. The van der Waals surface area contributed by atoms with Gasteiger partial charge in [-0.3, -0.25) is 14.4 Å². The van der Waals surface area contributed by atoms with E-state index in [4.69, 9.17) is 0 Å². The Hall–Kier alpha value is -1.97. The summed E-state index contributed by atoms with van der Waals surface area (Å²) in [6.45, 7) is 0.295. The summed E-state index contributed by atoms with van der Waals surface area (Å²) in [4.78, 5) is 30.9. The molecule has 0 saturated carbocycles. The van der Waals surface area contributed by atoms with Crippen LogP contribution in [0.2, 0.25) is 0 Å². The van der Waals surface area contributed by atoms with Crippen LogP contribution < -0.4 is 5.32 Å². The fourth-order valence-electron chi connectivity index (χ4n) is 1.08. The van der Waals surface area contributed by atoms with Gasteiger partial charge < -0.3 is 5.32 Å². The van der Waals surface area contributed by atoms with Gasteiger partial charge >= 0.3 is 6.41 Å². The van der Waals surface area contributed by atoms with E-state index in [1.54, 1.807) is 18.2 Å². The number of carbonyl (C=O) groups is 2. The summed E-state index contributed by atoms with van der Waals surface area (Å²) in [6, 6.07) is 4.76. The van der Waals surface area contributed by atoms with E-state index in [2.05, 4.69) is 5.32 Å². The molecule has 1 N–H and O–H groups in total. The van der Waals surface area contributed by atoms with E-state index < -0.39 is 0 Å². The van der Waals surface area contributed by atoms with E-state index in [1.165, 1.54) is 6.41 Å². The van der Waals surface area contributed by atoms with Crippen molar-refractivity contribution in [2.45, 2.75) is 6.54 Å². The van der Waals surface area contributed by atoms with Gasteiger partial charge in [-0.25, -0.2) is 0 Å². The molecule has 1 amide bonds. The SMILES string of the molecule is O=[C]NCc1ccc(C=O)c(C=O)c1. The van der Waals surface area contributed by atoms with Crippen LogP contribution in [0.1, 0.15) is 26.3 Å². The minimum atomic E-state index is 0.295.